The number of benzene rings is 1. The minimum Gasteiger partial charge on any atom is -0.277 e. The second-order valence-corrected chi connectivity index (χ2v) is 2.83. The lowest BCUT2D eigenvalue weighted by atomic mass is 10.1. The molecule has 0 amide bonds. The van der Waals surface area contributed by atoms with Crippen LogP contribution in [0.1, 0.15) is 5.56 Å². The van der Waals surface area contributed by atoms with E-state index < -0.39 is 0 Å². The summed E-state index contributed by atoms with van der Waals surface area (Å²) in [6, 6.07) is 12.3. The average Bonchev–Trinajstić information content (AvgIpc) is 2.33. The fourth-order valence-corrected chi connectivity index (χ4v) is 0.984. The van der Waals surface area contributed by atoms with Crippen LogP contribution in [0.3, 0.4) is 0 Å². The van der Waals surface area contributed by atoms with Crippen LogP contribution in [0.2, 0.25) is 0 Å². The first-order valence-electron chi connectivity index (χ1n) is 4.40. The summed E-state index contributed by atoms with van der Waals surface area (Å²) in [5.74, 6) is 0. The Balaban J connectivity index is 2.71. The van der Waals surface area contributed by atoms with Gasteiger partial charge in [-0.3, -0.25) is 5.43 Å². The highest BCUT2D eigenvalue weighted by molar-refractivity contribution is 6.10. The van der Waals surface area contributed by atoms with Gasteiger partial charge in [-0.25, -0.2) is 0 Å². The second-order valence-electron chi connectivity index (χ2n) is 2.83. The maximum absolute atomic E-state index is 8.47. The van der Waals surface area contributed by atoms with Gasteiger partial charge < -0.3 is 0 Å². The third-order valence-electron chi connectivity index (χ3n) is 1.75. The van der Waals surface area contributed by atoms with Crippen LogP contribution in [0.25, 0.3) is 0 Å². The molecule has 1 N–H and O–H groups in total. The Morgan fingerprint density at radius 3 is 2.25 bits per heavy atom. The van der Waals surface area contributed by atoms with Crippen LogP contribution >= 0.6 is 0 Å². The number of hydrazone groups is 1. The van der Waals surface area contributed by atoms with Crippen molar-refractivity contribution in [3.63, 3.8) is 0 Å². The summed E-state index contributed by atoms with van der Waals surface area (Å²) in [4.78, 5) is 0. The molecule has 0 radical (unpaired) electrons. The van der Waals surface area contributed by atoms with Crippen molar-refractivity contribution in [1.82, 2.24) is 0 Å². The fourth-order valence-electron chi connectivity index (χ4n) is 0.984. The maximum atomic E-state index is 8.47. The van der Waals surface area contributed by atoms with E-state index in [9.17, 15) is 0 Å². The molecule has 76 valence electrons. The maximum Gasteiger partial charge on any atom is 0.237 e. The molecule has 1 aromatic carbocycles. The van der Waals surface area contributed by atoms with Gasteiger partial charge in [-0.15, -0.1) is 0 Å². The van der Waals surface area contributed by atoms with E-state index in [1.807, 2.05) is 6.07 Å². The minimum atomic E-state index is -0.235. The van der Waals surface area contributed by atoms with Crippen LogP contribution < -0.4 is 5.43 Å². The van der Waals surface area contributed by atoms with Gasteiger partial charge in [0, 0.05) is 0 Å². The van der Waals surface area contributed by atoms with Gasteiger partial charge in [0.2, 0.25) is 5.71 Å². The molecular weight excluding hydrogens is 202 g/mol. The molecule has 0 spiro atoms. The Morgan fingerprint density at radius 2 is 1.75 bits per heavy atom. The molecule has 0 aromatic heterocycles. The van der Waals surface area contributed by atoms with Crippen LogP contribution in [0.4, 0.5) is 5.69 Å². The third kappa shape index (κ3) is 3.14. The van der Waals surface area contributed by atoms with Crippen molar-refractivity contribution in [3.05, 3.63) is 29.8 Å². The van der Waals surface area contributed by atoms with E-state index in [2.05, 4.69) is 10.5 Å². The quantitative estimate of drug-likeness (QED) is 0.603. The molecule has 5 nitrogen and oxygen atoms in total. The largest absolute Gasteiger partial charge is 0.277 e. The Morgan fingerprint density at radius 1 is 1.12 bits per heavy atom. The van der Waals surface area contributed by atoms with Gasteiger partial charge in [0.1, 0.15) is 12.1 Å². The number of hydrogen-bond donors (Lipinski definition) is 1. The average molecular weight is 209 g/mol. The molecule has 16 heavy (non-hydrogen) atoms. The van der Waals surface area contributed by atoms with Gasteiger partial charge in [0.25, 0.3) is 0 Å². The topological polar surface area (TPSA) is 95.8 Å². The molecule has 5 heteroatoms. The van der Waals surface area contributed by atoms with Crippen molar-refractivity contribution in [3.8, 4) is 18.2 Å². The number of nitrogens with zero attached hydrogens (tertiary/aromatic N) is 4. The van der Waals surface area contributed by atoms with E-state index in [0.717, 1.165) is 5.56 Å². The molecule has 0 saturated heterocycles. The summed E-state index contributed by atoms with van der Waals surface area (Å²) in [6.45, 7) is 0. The summed E-state index contributed by atoms with van der Waals surface area (Å²) >= 11 is 0. The Kier molecular flexibility index (Phi) is 4.07. The van der Waals surface area contributed by atoms with E-state index in [0.29, 0.717) is 12.1 Å². The molecule has 0 bridgehead atoms. The highest BCUT2D eigenvalue weighted by atomic mass is 15.3. The summed E-state index contributed by atoms with van der Waals surface area (Å²) in [5.41, 5.74) is 3.90. The van der Waals surface area contributed by atoms with Crippen LogP contribution in [-0.2, 0) is 6.42 Å². The monoisotopic (exact) mass is 209 g/mol. The molecule has 0 fully saturated rings. The van der Waals surface area contributed by atoms with Crippen LogP contribution in [0, 0.1) is 34.0 Å². The van der Waals surface area contributed by atoms with Gasteiger partial charge in [-0.05, 0) is 17.7 Å². The lowest BCUT2D eigenvalue weighted by Crippen LogP contribution is -1.96. The zero-order valence-corrected chi connectivity index (χ0v) is 8.31. The lowest BCUT2D eigenvalue weighted by Gasteiger charge is -2.00. The van der Waals surface area contributed by atoms with E-state index in [1.165, 1.54) is 0 Å². The summed E-state index contributed by atoms with van der Waals surface area (Å²) in [7, 11) is 0. The van der Waals surface area contributed by atoms with Gasteiger partial charge in [-0.1, -0.05) is 12.1 Å². The van der Waals surface area contributed by atoms with E-state index in [1.54, 1.807) is 36.4 Å². The van der Waals surface area contributed by atoms with E-state index in [-0.39, 0.29) is 5.71 Å². The van der Waals surface area contributed by atoms with Gasteiger partial charge in [0.15, 0.2) is 0 Å². The van der Waals surface area contributed by atoms with Crippen LogP contribution in [0.15, 0.2) is 29.4 Å². The van der Waals surface area contributed by atoms with Crippen molar-refractivity contribution in [2.24, 2.45) is 5.10 Å². The molecule has 0 saturated carbocycles. The summed E-state index contributed by atoms with van der Waals surface area (Å²) < 4.78 is 0. The molecular formula is C11H7N5. The number of rotatable bonds is 3. The highest BCUT2D eigenvalue weighted by Crippen LogP contribution is 2.09. The van der Waals surface area contributed by atoms with Crippen LogP contribution in [0.5, 0.6) is 0 Å². The minimum absolute atomic E-state index is 0.235. The van der Waals surface area contributed by atoms with E-state index in [4.69, 9.17) is 15.8 Å². The molecule has 1 rings (SSSR count). The van der Waals surface area contributed by atoms with Crippen molar-refractivity contribution in [2.75, 3.05) is 5.43 Å². The Hall–Kier alpha value is -2.84. The van der Waals surface area contributed by atoms with Crippen molar-refractivity contribution in [2.45, 2.75) is 6.42 Å². The first kappa shape index (κ1) is 11.2. The zero-order chi connectivity index (χ0) is 11.8. The highest BCUT2D eigenvalue weighted by Gasteiger charge is 1.95. The standard InChI is InChI=1S/C11H7N5/c12-6-5-9-1-3-10(4-2-9)15-16-11(7-13)8-14/h1-4,15H,5H2. The van der Waals surface area contributed by atoms with Crippen molar-refractivity contribution in [1.29, 1.82) is 15.8 Å². The number of anilines is 1. The molecule has 0 aliphatic carbocycles. The smallest absolute Gasteiger partial charge is 0.237 e. The predicted octanol–water partition coefficient (Wildman–Crippen LogP) is 1.57. The Labute approximate surface area is 92.8 Å². The molecule has 1 aromatic rings. The number of nitrogens with one attached hydrogen (secondary N) is 1. The zero-order valence-electron chi connectivity index (χ0n) is 8.31. The SMILES string of the molecule is N#CCc1ccc(NN=C(C#N)C#N)cc1. The second kappa shape index (κ2) is 5.80. The first-order chi connectivity index (χ1) is 7.80. The van der Waals surface area contributed by atoms with Gasteiger partial charge in [-0.2, -0.15) is 20.9 Å². The first-order valence-corrected chi connectivity index (χ1v) is 4.40. The molecule has 0 aliphatic rings. The van der Waals surface area contributed by atoms with Gasteiger partial charge in [0.05, 0.1) is 18.2 Å². The van der Waals surface area contributed by atoms with Crippen molar-refractivity contribution < 1.29 is 0 Å². The molecule has 0 heterocycles. The molecule has 0 aliphatic heterocycles. The van der Waals surface area contributed by atoms with Crippen molar-refractivity contribution >= 4 is 11.4 Å². The lowest BCUT2D eigenvalue weighted by molar-refractivity contribution is 1.25. The predicted molar refractivity (Wildman–Crippen MR) is 58.0 cm³/mol. The number of nitriles is 3. The normalized spacial score (nSPS) is 8.06. The Bertz CT molecular complexity index is 491. The summed E-state index contributed by atoms with van der Waals surface area (Å²) in [6.07, 6.45) is 0.352. The van der Waals surface area contributed by atoms with Crippen LogP contribution in [-0.4, -0.2) is 5.71 Å². The number of hydrogen-bond acceptors (Lipinski definition) is 5. The molecule has 0 unspecified atom stereocenters. The van der Waals surface area contributed by atoms with Gasteiger partial charge >= 0.3 is 0 Å². The molecule has 0 atom stereocenters. The summed E-state index contributed by atoms with van der Waals surface area (Å²) in [5, 5.41) is 28.9. The fraction of sp³-hybridized carbons (Fsp3) is 0.0909. The van der Waals surface area contributed by atoms with E-state index >= 15 is 0 Å². The third-order valence-corrected chi connectivity index (χ3v) is 1.75.